The van der Waals surface area contributed by atoms with Crippen molar-refractivity contribution in [1.29, 1.82) is 0 Å². The maximum absolute atomic E-state index is 13.9. The van der Waals surface area contributed by atoms with Crippen molar-refractivity contribution < 1.29 is 4.74 Å². The summed E-state index contributed by atoms with van der Waals surface area (Å²) in [7, 11) is 0. The lowest BCUT2D eigenvalue weighted by Crippen LogP contribution is -2.25. The summed E-state index contributed by atoms with van der Waals surface area (Å²) in [6.07, 6.45) is 0. The number of hydrogen-bond acceptors (Lipinski definition) is 3. The van der Waals surface area contributed by atoms with Gasteiger partial charge in [-0.2, -0.15) is 0 Å². The van der Waals surface area contributed by atoms with Crippen LogP contribution >= 0.6 is 0 Å². The van der Waals surface area contributed by atoms with Gasteiger partial charge in [0, 0.05) is 32.7 Å². The second-order valence-electron chi connectivity index (χ2n) is 9.27. The highest BCUT2D eigenvalue weighted by Crippen LogP contribution is 2.50. The van der Waals surface area contributed by atoms with E-state index in [2.05, 4.69) is 30.4 Å². The van der Waals surface area contributed by atoms with Gasteiger partial charge < -0.3 is 9.14 Å². The molecule has 3 heterocycles. The molecule has 0 bridgehead atoms. The Morgan fingerprint density at radius 3 is 2.21 bits per heavy atom. The molecular weight excluding hydrogens is 410 g/mol. The van der Waals surface area contributed by atoms with Crippen LogP contribution in [0.2, 0.25) is 0 Å². The van der Waals surface area contributed by atoms with E-state index in [-0.39, 0.29) is 16.3 Å². The third-order valence-corrected chi connectivity index (χ3v) is 7.19. The van der Waals surface area contributed by atoms with Crippen LogP contribution in [0.25, 0.3) is 38.1 Å². The van der Waals surface area contributed by atoms with E-state index in [1.54, 1.807) is 18.2 Å². The lowest BCUT2D eigenvalue weighted by atomic mass is 9.75. The molecule has 0 aliphatic carbocycles. The third-order valence-electron chi connectivity index (χ3n) is 7.19. The minimum absolute atomic E-state index is 0.0563. The number of nitrogens with zero attached hydrogens (tertiary/aromatic N) is 1. The zero-order valence-electron chi connectivity index (χ0n) is 18.2. The third kappa shape index (κ3) is 2.15. The van der Waals surface area contributed by atoms with Crippen LogP contribution in [0.4, 0.5) is 0 Å². The molecule has 0 amide bonds. The molecule has 4 aromatic carbocycles. The van der Waals surface area contributed by atoms with E-state index in [1.165, 1.54) is 0 Å². The zero-order valence-corrected chi connectivity index (χ0v) is 18.2. The second-order valence-corrected chi connectivity index (χ2v) is 9.27. The van der Waals surface area contributed by atoms with E-state index < -0.39 is 0 Å². The molecule has 0 radical (unpaired) electrons. The van der Waals surface area contributed by atoms with Gasteiger partial charge in [0.05, 0.1) is 21.9 Å². The smallest absolute Gasteiger partial charge is 0.201 e. The van der Waals surface area contributed by atoms with E-state index in [9.17, 15) is 9.59 Å². The minimum Gasteiger partial charge on any atom is -0.456 e. The van der Waals surface area contributed by atoms with Crippen molar-refractivity contribution in [2.24, 2.45) is 0 Å². The Bertz CT molecular complexity index is 1910. The average Bonchev–Trinajstić information content (AvgIpc) is 2.83. The van der Waals surface area contributed by atoms with Crippen LogP contribution in [0.1, 0.15) is 25.0 Å². The molecule has 4 heteroatoms. The van der Waals surface area contributed by atoms with Crippen molar-refractivity contribution in [2.75, 3.05) is 0 Å². The first-order chi connectivity index (χ1) is 16.0. The average molecular weight is 429 g/mol. The molecule has 1 aliphatic rings. The van der Waals surface area contributed by atoms with Crippen molar-refractivity contribution >= 4 is 38.1 Å². The van der Waals surface area contributed by atoms with Gasteiger partial charge in [0.2, 0.25) is 5.43 Å². The van der Waals surface area contributed by atoms with E-state index >= 15 is 0 Å². The molecule has 2 aromatic heterocycles. The fraction of sp³-hybridized carbons (Fsp3) is 0.103. The Balaban J connectivity index is 1.77. The van der Waals surface area contributed by atoms with Crippen molar-refractivity contribution in [1.82, 2.24) is 4.40 Å². The molecule has 158 valence electrons. The molecular formula is C29H19NO3. The van der Waals surface area contributed by atoms with Gasteiger partial charge in [-0.25, -0.2) is 0 Å². The predicted molar refractivity (Wildman–Crippen MR) is 132 cm³/mol. The van der Waals surface area contributed by atoms with Crippen molar-refractivity contribution in [3.8, 4) is 11.5 Å². The first kappa shape index (κ1) is 18.4. The zero-order chi connectivity index (χ0) is 22.5. The Kier molecular flexibility index (Phi) is 3.34. The van der Waals surface area contributed by atoms with E-state index in [0.717, 1.165) is 27.9 Å². The molecule has 0 spiro atoms. The summed E-state index contributed by atoms with van der Waals surface area (Å²) in [4.78, 5) is 27.2. The summed E-state index contributed by atoms with van der Waals surface area (Å²) < 4.78 is 8.48. The maximum atomic E-state index is 13.9. The van der Waals surface area contributed by atoms with Gasteiger partial charge in [0.25, 0.3) is 0 Å². The summed E-state index contributed by atoms with van der Waals surface area (Å²) in [5.41, 5.74) is 3.77. The monoisotopic (exact) mass is 429 g/mol. The maximum Gasteiger partial charge on any atom is 0.201 e. The molecule has 0 atom stereocenters. The highest BCUT2D eigenvalue weighted by molar-refractivity contribution is 6.09. The quantitative estimate of drug-likeness (QED) is 0.220. The Morgan fingerprint density at radius 1 is 0.667 bits per heavy atom. The first-order valence-corrected chi connectivity index (χ1v) is 11.0. The van der Waals surface area contributed by atoms with Gasteiger partial charge in [-0.05, 0) is 36.4 Å². The summed E-state index contributed by atoms with van der Waals surface area (Å²) >= 11 is 0. The standard InChI is InChI=1S/C29H19NO3/c1-29(2)19-11-4-6-13-23(19)33-28-20(29)14-15-22-24(28)27(32)18-10-7-9-17-25(18)30(22)21-12-5-3-8-16(21)26(17)31/h3-15H,1-2H3. The Hall–Kier alpha value is -4.18. The van der Waals surface area contributed by atoms with Crippen molar-refractivity contribution in [2.45, 2.75) is 19.3 Å². The van der Waals surface area contributed by atoms with Crippen LogP contribution in [0.5, 0.6) is 11.5 Å². The summed E-state index contributed by atoms with van der Waals surface area (Å²) in [5, 5.41) is 2.25. The second kappa shape index (κ2) is 5.99. The minimum atomic E-state index is -0.322. The molecule has 0 saturated carbocycles. The molecule has 0 fully saturated rings. The molecule has 33 heavy (non-hydrogen) atoms. The number of benzene rings is 4. The number of fused-ring (bicyclic) bond motifs is 7. The topological polar surface area (TPSA) is 47.8 Å². The van der Waals surface area contributed by atoms with Gasteiger partial charge in [-0.3, -0.25) is 9.59 Å². The molecule has 1 aliphatic heterocycles. The van der Waals surface area contributed by atoms with Gasteiger partial charge in [-0.1, -0.05) is 56.3 Å². The van der Waals surface area contributed by atoms with Crippen LogP contribution in [-0.4, -0.2) is 4.40 Å². The number of pyridine rings is 2. The number of aromatic nitrogens is 1. The first-order valence-electron chi connectivity index (χ1n) is 11.0. The van der Waals surface area contributed by atoms with Crippen molar-refractivity contribution in [3.05, 3.63) is 110 Å². The van der Waals surface area contributed by atoms with Crippen LogP contribution in [0, 0.1) is 0 Å². The van der Waals surface area contributed by atoms with Crippen molar-refractivity contribution in [3.63, 3.8) is 0 Å². The molecule has 0 unspecified atom stereocenters. The SMILES string of the molecule is CC1(C)c2ccccc2Oc2c1ccc1c2c(=O)c2cccc3c(=O)c4ccccc4n1c32. The number of rotatable bonds is 0. The largest absolute Gasteiger partial charge is 0.456 e. The summed E-state index contributed by atoms with van der Waals surface area (Å²) in [6.45, 7) is 4.32. The molecule has 0 N–H and O–H groups in total. The van der Waals surface area contributed by atoms with Gasteiger partial charge in [-0.15, -0.1) is 0 Å². The van der Waals surface area contributed by atoms with E-state index in [1.807, 2.05) is 48.5 Å². The Labute approximate surface area is 188 Å². The van der Waals surface area contributed by atoms with Crippen LogP contribution in [0.3, 0.4) is 0 Å². The predicted octanol–water partition coefficient (Wildman–Crippen LogP) is 5.99. The fourth-order valence-electron chi connectivity index (χ4n) is 5.57. The van der Waals surface area contributed by atoms with Gasteiger partial charge >= 0.3 is 0 Å². The molecule has 0 saturated heterocycles. The number of ether oxygens (including phenoxy) is 1. The molecule has 6 aromatic rings. The summed E-state index contributed by atoms with van der Waals surface area (Å²) in [6, 6.07) is 25.0. The number of para-hydroxylation sites is 3. The van der Waals surface area contributed by atoms with E-state index in [0.29, 0.717) is 32.8 Å². The van der Waals surface area contributed by atoms with Gasteiger partial charge in [0.1, 0.15) is 11.5 Å². The van der Waals surface area contributed by atoms with Crippen LogP contribution in [-0.2, 0) is 5.41 Å². The highest BCUT2D eigenvalue weighted by Gasteiger charge is 2.36. The van der Waals surface area contributed by atoms with Gasteiger partial charge in [0.15, 0.2) is 5.43 Å². The highest BCUT2D eigenvalue weighted by atomic mass is 16.5. The normalized spacial score (nSPS) is 14.5. The lowest BCUT2D eigenvalue weighted by Gasteiger charge is -2.35. The van der Waals surface area contributed by atoms with Crippen LogP contribution < -0.4 is 15.6 Å². The Morgan fingerprint density at radius 2 is 1.36 bits per heavy atom. The molecule has 4 nitrogen and oxygen atoms in total. The lowest BCUT2D eigenvalue weighted by molar-refractivity contribution is 0.422. The molecule has 7 rings (SSSR count). The van der Waals surface area contributed by atoms with Crippen LogP contribution in [0.15, 0.2) is 88.5 Å². The van der Waals surface area contributed by atoms with E-state index in [4.69, 9.17) is 4.74 Å². The summed E-state index contributed by atoms with van der Waals surface area (Å²) in [5.74, 6) is 1.37. The fourth-order valence-corrected chi connectivity index (χ4v) is 5.57. The number of hydrogen-bond donors (Lipinski definition) is 0.